The van der Waals surface area contributed by atoms with Crippen molar-refractivity contribution in [2.24, 2.45) is 5.92 Å². The molecule has 1 aromatic rings. The molecule has 0 aromatic carbocycles. The largest absolute Gasteiger partial charge is 0.303 e. The second kappa shape index (κ2) is 7.16. The fourth-order valence-electron chi connectivity index (χ4n) is 3.49. The number of piperidine rings is 1. The maximum absolute atomic E-state index is 4.18. The van der Waals surface area contributed by atoms with Gasteiger partial charge in [0.15, 0.2) is 0 Å². The average Bonchev–Trinajstić information content (AvgIpc) is 3.03. The molecule has 2 aliphatic heterocycles. The predicted molar refractivity (Wildman–Crippen MR) is 81.3 cm³/mol. The number of likely N-dealkylation sites (tertiary alicyclic amines) is 1. The lowest BCUT2D eigenvalue weighted by Crippen LogP contribution is -2.42. The molecule has 3 heterocycles. The zero-order chi connectivity index (χ0) is 13.6. The first-order valence-corrected chi connectivity index (χ1v) is 8.01. The predicted octanol–water partition coefficient (Wildman–Crippen LogP) is 1.59. The lowest BCUT2D eigenvalue weighted by atomic mass is 9.88. The number of rotatable bonds is 5. The van der Waals surface area contributed by atoms with E-state index < -0.39 is 0 Å². The quantitative estimate of drug-likeness (QED) is 0.855. The van der Waals surface area contributed by atoms with Crippen molar-refractivity contribution in [3.05, 3.63) is 30.1 Å². The van der Waals surface area contributed by atoms with E-state index in [-0.39, 0.29) is 0 Å². The Balaban J connectivity index is 1.34. The Kier molecular flexibility index (Phi) is 5.01. The highest BCUT2D eigenvalue weighted by atomic mass is 15.4. The van der Waals surface area contributed by atoms with Crippen LogP contribution >= 0.6 is 0 Å². The van der Waals surface area contributed by atoms with Crippen molar-refractivity contribution in [1.29, 1.82) is 0 Å². The van der Waals surface area contributed by atoms with Gasteiger partial charge in [-0.1, -0.05) is 6.07 Å². The molecular formula is C16H26N4. The summed E-state index contributed by atoms with van der Waals surface area (Å²) >= 11 is 0. The Morgan fingerprint density at radius 3 is 2.85 bits per heavy atom. The molecule has 2 saturated heterocycles. The molecule has 4 heteroatoms. The van der Waals surface area contributed by atoms with Gasteiger partial charge in [0.05, 0.1) is 0 Å². The van der Waals surface area contributed by atoms with Crippen molar-refractivity contribution in [2.45, 2.75) is 38.1 Å². The number of hydrogen-bond donors (Lipinski definition) is 2. The zero-order valence-electron chi connectivity index (χ0n) is 12.2. The molecule has 2 N–H and O–H groups in total. The van der Waals surface area contributed by atoms with Gasteiger partial charge in [-0.3, -0.25) is 15.8 Å². The van der Waals surface area contributed by atoms with Crippen LogP contribution in [0.25, 0.3) is 0 Å². The summed E-state index contributed by atoms with van der Waals surface area (Å²) in [5.74, 6) is 0.875. The number of hydrogen-bond acceptors (Lipinski definition) is 4. The molecule has 0 radical (unpaired) electrons. The number of aromatic nitrogens is 1. The van der Waals surface area contributed by atoms with Crippen LogP contribution in [0.5, 0.6) is 0 Å². The highest BCUT2D eigenvalue weighted by Gasteiger charge is 2.27. The fraction of sp³-hybridized carbons (Fsp3) is 0.688. The molecule has 0 amide bonds. The van der Waals surface area contributed by atoms with Gasteiger partial charge in [-0.15, -0.1) is 0 Å². The summed E-state index contributed by atoms with van der Waals surface area (Å²) in [6.07, 6.45) is 10.2. The Hall–Kier alpha value is -0.970. The minimum atomic E-state index is 0.715. The molecule has 2 aliphatic rings. The van der Waals surface area contributed by atoms with Crippen LogP contribution in [-0.2, 0) is 6.42 Å². The highest BCUT2D eigenvalue weighted by Crippen LogP contribution is 2.23. The molecule has 3 rings (SSSR count). The third-order valence-electron chi connectivity index (χ3n) is 4.73. The molecule has 20 heavy (non-hydrogen) atoms. The van der Waals surface area contributed by atoms with E-state index in [1.165, 1.54) is 50.9 Å². The van der Waals surface area contributed by atoms with Crippen LogP contribution in [0.4, 0.5) is 0 Å². The maximum Gasteiger partial charge on any atom is 0.0299 e. The van der Waals surface area contributed by atoms with Crippen molar-refractivity contribution >= 4 is 0 Å². The van der Waals surface area contributed by atoms with Gasteiger partial charge in [0.2, 0.25) is 0 Å². The van der Waals surface area contributed by atoms with Crippen molar-refractivity contribution in [3.63, 3.8) is 0 Å². The molecule has 0 bridgehead atoms. The third kappa shape index (κ3) is 3.78. The normalized spacial score (nSPS) is 25.1. The van der Waals surface area contributed by atoms with E-state index in [0.717, 1.165) is 18.9 Å². The van der Waals surface area contributed by atoms with Crippen LogP contribution in [0.15, 0.2) is 24.5 Å². The molecule has 1 atom stereocenters. The van der Waals surface area contributed by atoms with Gasteiger partial charge in [-0.2, -0.15) is 0 Å². The van der Waals surface area contributed by atoms with Gasteiger partial charge in [0, 0.05) is 25.0 Å². The monoisotopic (exact) mass is 274 g/mol. The maximum atomic E-state index is 4.18. The molecule has 1 aromatic heterocycles. The van der Waals surface area contributed by atoms with Crippen molar-refractivity contribution < 1.29 is 0 Å². The van der Waals surface area contributed by atoms with Crippen LogP contribution in [0.2, 0.25) is 0 Å². The Labute approximate surface area is 121 Å². The lowest BCUT2D eigenvalue weighted by Gasteiger charge is -2.34. The minimum Gasteiger partial charge on any atom is -0.303 e. The van der Waals surface area contributed by atoms with E-state index in [0.29, 0.717) is 6.04 Å². The standard InChI is InChI=1S/C16H26N4/c1-3-14(13-17-8-1)4-2-10-20-11-6-15(7-12-20)16-5-9-18-19-16/h1,3,8,13,15-16,18-19H,2,4-7,9-12H2. The van der Waals surface area contributed by atoms with E-state index in [9.17, 15) is 0 Å². The molecule has 0 aliphatic carbocycles. The zero-order valence-corrected chi connectivity index (χ0v) is 12.2. The number of hydrazine groups is 1. The van der Waals surface area contributed by atoms with Crippen molar-refractivity contribution in [3.8, 4) is 0 Å². The summed E-state index contributed by atoms with van der Waals surface area (Å²) in [5.41, 5.74) is 8.06. The third-order valence-corrected chi connectivity index (χ3v) is 4.73. The first kappa shape index (κ1) is 14.0. The smallest absolute Gasteiger partial charge is 0.0299 e. The van der Waals surface area contributed by atoms with E-state index in [2.05, 4.69) is 26.8 Å². The molecule has 0 saturated carbocycles. The Morgan fingerprint density at radius 2 is 2.15 bits per heavy atom. The Morgan fingerprint density at radius 1 is 1.25 bits per heavy atom. The van der Waals surface area contributed by atoms with Gasteiger partial charge in [-0.25, -0.2) is 0 Å². The van der Waals surface area contributed by atoms with Gasteiger partial charge < -0.3 is 4.90 Å². The van der Waals surface area contributed by atoms with Gasteiger partial charge in [0.1, 0.15) is 0 Å². The summed E-state index contributed by atoms with van der Waals surface area (Å²) in [6.45, 7) is 4.92. The summed E-state index contributed by atoms with van der Waals surface area (Å²) in [7, 11) is 0. The van der Waals surface area contributed by atoms with E-state index in [4.69, 9.17) is 0 Å². The number of nitrogens with zero attached hydrogens (tertiary/aromatic N) is 2. The van der Waals surface area contributed by atoms with E-state index in [1.807, 2.05) is 18.5 Å². The van der Waals surface area contributed by atoms with Crippen molar-refractivity contribution in [1.82, 2.24) is 20.7 Å². The summed E-state index contributed by atoms with van der Waals surface area (Å²) in [6, 6.07) is 4.93. The van der Waals surface area contributed by atoms with Crippen LogP contribution in [-0.4, -0.2) is 42.1 Å². The van der Waals surface area contributed by atoms with Crippen molar-refractivity contribution in [2.75, 3.05) is 26.2 Å². The fourth-order valence-corrected chi connectivity index (χ4v) is 3.49. The van der Waals surface area contributed by atoms with E-state index >= 15 is 0 Å². The average molecular weight is 274 g/mol. The van der Waals surface area contributed by atoms with Crippen LogP contribution in [0.3, 0.4) is 0 Å². The van der Waals surface area contributed by atoms with Gasteiger partial charge >= 0.3 is 0 Å². The topological polar surface area (TPSA) is 40.2 Å². The lowest BCUT2D eigenvalue weighted by molar-refractivity contribution is 0.160. The van der Waals surface area contributed by atoms with Crippen LogP contribution in [0.1, 0.15) is 31.2 Å². The SMILES string of the molecule is c1cncc(CCCN2CCC(C3CCNN3)CC2)c1. The highest BCUT2D eigenvalue weighted by molar-refractivity contribution is 5.08. The number of pyridine rings is 1. The molecule has 4 nitrogen and oxygen atoms in total. The summed E-state index contributed by atoms with van der Waals surface area (Å²) in [5, 5.41) is 0. The molecule has 0 spiro atoms. The Bertz CT molecular complexity index is 381. The van der Waals surface area contributed by atoms with Crippen LogP contribution in [0, 0.1) is 5.92 Å². The first-order valence-electron chi connectivity index (χ1n) is 8.01. The first-order chi connectivity index (χ1) is 9.92. The molecule has 2 fully saturated rings. The van der Waals surface area contributed by atoms with Crippen LogP contribution < -0.4 is 10.9 Å². The number of nitrogens with one attached hydrogen (secondary N) is 2. The van der Waals surface area contributed by atoms with Gasteiger partial charge in [0.25, 0.3) is 0 Å². The molecule has 1 unspecified atom stereocenters. The number of aryl methyl sites for hydroxylation is 1. The van der Waals surface area contributed by atoms with E-state index in [1.54, 1.807) is 0 Å². The second-order valence-corrected chi connectivity index (χ2v) is 6.11. The summed E-state index contributed by atoms with van der Waals surface area (Å²) in [4.78, 5) is 6.81. The second-order valence-electron chi connectivity index (χ2n) is 6.11. The van der Waals surface area contributed by atoms with Gasteiger partial charge in [-0.05, 0) is 69.3 Å². The molecule has 110 valence electrons. The summed E-state index contributed by atoms with van der Waals surface area (Å²) < 4.78 is 0. The minimum absolute atomic E-state index is 0.715. The molecular weight excluding hydrogens is 248 g/mol.